The molecule has 8 aromatic rings. The summed E-state index contributed by atoms with van der Waals surface area (Å²) < 4.78 is 0. The van der Waals surface area contributed by atoms with Crippen LogP contribution in [-0.4, -0.2) is 0 Å². The van der Waals surface area contributed by atoms with Crippen molar-refractivity contribution in [3.63, 3.8) is 0 Å². The van der Waals surface area contributed by atoms with Gasteiger partial charge >= 0.3 is 0 Å². The SMILES string of the molecule is c1ccc(-c2ccc(N(c3ccccc3)c3ccc4c(N(c5ccccc5)c5ccc(-c6ccccc6)cc5)cccc4c3)cc2)cc1. The lowest BCUT2D eigenvalue weighted by Gasteiger charge is -2.28. The van der Waals surface area contributed by atoms with Gasteiger partial charge in [-0.2, -0.15) is 0 Å². The molecule has 228 valence electrons. The highest BCUT2D eigenvalue weighted by molar-refractivity contribution is 6.01. The van der Waals surface area contributed by atoms with E-state index in [0.29, 0.717) is 0 Å². The lowest BCUT2D eigenvalue weighted by molar-refractivity contribution is 1.28. The number of para-hydroxylation sites is 2. The first-order valence-electron chi connectivity index (χ1n) is 16.4. The molecule has 0 N–H and O–H groups in total. The van der Waals surface area contributed by atoms with Crippen LogP contribution in [0.3, 0.4) is 0 Å². The average molecular weight is 615 g/mol. The molecule has 0 aromatic heterocycles. The largest absolute Gasteiger partial charge is 0.310 e. The van der Waals surface area contributed by atoms with Crippen molar-refractivity contribution >= 4 is 44.9 Å². The minimum absolute atomic E-state index is 1.11. The summed E-state index contributed by atoms with van der Waals surface area (Å²) in [5, 5.41) is 2.36. The van der Waals surface area contributed by atoms with Crippen LogP contribution in [0.15, 0.2) is 206 Å². The van der Waals surface area contributed by atoms with Crippen molar-refractivity contribution in [1.82, 2.24) is 0 Å². The molecule has 0 heterocycles. The van der Waals surface area contributed by atoms with E-state index in [0.717, 1.165) is 34.1 Å². The highest BCUT2D eigenvalue weighted by Gasteiger charge is 2.18. The van der Waals surface area contributed by atoms with Crippen LogP contribution in [-0.2, 0) is 0 Å². The van der Waals surface area contributed by atoms with Crippen molar-refractivity contribution in [2.75, 3.05) is 9.80 Å². The van der Waals surface area contributed by atoms with E-state index in [9.17, 15) is 0 Å². The third kappa shape index (κ3) is 5.84. The smallest absolute Gasteiger partial charge is 0.0540 e. The molecule has 0 unspecified atom stereocenters. The Hall–Kier alpha value is -6.38. The van der Waals surface area contributed by atoms with Crippen LogP contribution in [0.4, 0.5) is 34.1 Å². The Morgan fingerprint density at radius 3 is 1.17 bits per heavy atom. The van der Waals surface area contributed by atoms with Crippen LogP contribution < -0.4 is 9.80 Å². The van der Waals surface area contributed by atoms with E-state index >= 15 is 0 Å². The third-order valence-electron chi connectivity index (χ3n) is 8.83. The van der Waals surface area contributed by atoms with Crippen LogP contribution in [0.25, 0.3) is 33.0 Å². The summed E-state index contributed by atoms with van der Waals surface area (Å²) in [6, 6.07) is 73.4. The highest BCUT2D eigenvalue weighted by Crippen LogP contribution is 2.42. The first kappa shape index (κ1) is 29.1. The number of rotatable bonds is 8. The fourth-order valence-electron chi connectivity index (χ4n) is 6.48. The molecule has 0 atom stereocenters. The number of hydrogen-bond acceptors (Lipinski definition) is 2. The first-order chi connectivity index (χ1) is 23.8. The molecule has 0 aliphatic carbocycles. The maximum Gasteiger partial charge on any atom is 0.0540 e. The Kier molecular flexibility index (Phi) is 7.96. The minimum atomic E-state index is 1.11. The lowest BCUT2D eigenvalue weighted by Crippen LogP contribution is -2.11. The molecule has 0 aliphatic rings. The second kappa shape index (κ2) is 13.2. The van der Waals surface area contributed by atoms with Gasteiger partial charge in [0.25, 0.3) is 0 Å². The van der Waals surface area contributed by atoms with E-state index in [4.69, 9.17) is 0 Å². The Morgan fingerprint density at radius 1 is 0.250 bits per heavy atom. The predicted octanol–water partition coefficient (Wildman–Crippen LogP) is 13.1. The summed E-state index contributed by atoms with van der Waals surface area (Å²) in [5.74, 6) is 0. The zero-order valence-electron chi connectivity index (χ0n) is 26.5. The van der Waals surface area contributed by atoms with E-state index in [1.807, 2.05) is 0 Å². The van der Waals surface area contributed by atoms with Crippen LogP contribution in [0, 0.1) is 0 Å². The zero-order valence-corrected chi connectivity index (χ0v) is 26.5. The molecule has 2 nitrogen and oxygen atoms in total. The third-order valence-corrected chi connectivity index (χ3v) is 8.83. The average Bonchev–Trinajstić information content (AvgIpc) is 3.17. The zero-order chi connectivity index (χ0) is 32.1. The van der Waals surface area contributed by atoms with E-state index in [1.54, 1.807) is 0 Å². The van der Waals surface area contributed by atoms with Crippen molar-refractivity contribution in [2.45, 2.75) is 0 Å². The molecule has 0 bridgehead atoms. The quantitative estimate of drug-likeness (QED) is 0.168. The summed E-state index contributed by atoms with van der Waals surface area (Å²) in [7, 11) is 0. The van der Waals surface area contributed by atoms with Gasteiger partial charge in [0.15, 0.2) is 0 Å². The van der Waals surface area contributed by atoms with Gasteiger partial charge in [-0.1, -0.05) is 140 Å². The number of nitrogens with zero attached hydrogens (tertiary/aromatic N) is 2. The molecular weight excluding hydrogens is 581 g/mol. The van der Waals surface area contributed by atoms with Gasteiger partial charge in [-0.25, -0.2) is 0 Å². The molecule has 0 aliphatic heterocycles. The van der Waals surface area contributed by atoms with Crippen molar-refractivity contribution in [3.05, 3.63) is 206 Å². The Balaban J connectivity index is 1.21. The van der Waals surface area contributed by atoms with E-state index in [-0.39, 0.29) is 0 Å². The Morgan fingerprint density at radius 2 is 0.646 bits per heavy atom. The first-order valence-corrected chi connectivity index (χ1v) is 16.4. The number of anilines is 6. The van der Waals surface area contributed by atoms with Gasteiger partial charge in [0.1, 0.15) is 0 Å². The molecule has 0 radical (unpaired) electrons. The van der Waals surface area contributed by atoms with Crippen LogP contribution in [0.5, 0.6) is 0 Å². The molecule has 8 aromatic carbocycles. The molecule has 0 spiro atoms. The number of benzene rings is 8. The van der Waals surface area contributed by atoms with E-state index < -0.39 is 0 Å². The number of fused-ring (bicyclic) bond motifs is 1. The standard InChI is InChI=1S/C46H34N2/c1-5-14-35(15-6-1)37-24-28-42(29-25-37)47(40-19-9-3-10-20-40)44-32-33-45-39(34-44)18-13-23-46(45)48(41-21-11-4-12-22-41)43-30-26-38(27-31-43)36-16-7-2-8-17-36/h1-34H. The van der Waals surface area contributed by atoms with Gasteiger partial charge in [0.05, 0.1) is 5.69 Å². The predicted molar refractivity (Wildman–Crippen MR) is 204 cm³/mol. The fourth-order valence-corrected chi connectivity index (χ4v) is 6.48. The Labute approximate surface area is 282 Å². The summed E-state index contributed by atoms with van der Waals surface area (Å²) >= 11 is 0. The normalized spacial score (nSPS) is 10.9. The van der Waals surface area contributed by atoms with Crippen molar-refractivity contribution in [1.29, 1.82) is 0 Å². The maximum atomic E-state index is 2.36. The summed E-state index contributed by atoms with van der Waals surface area (Å²) in [4.78, 5) is 4.69. The Bertz CT molecular complexity index is 2250. The number of hydrogen-bond donors (Lipinski definition) is 0. The molecule has 0 saturated carbocycles. The van der Waals surface area contributed by atoms with Gasteiger partial charge in [-0.3, -0.25) is 0 Å². The molecule has 0 amide bonds. The molecule has 0 fully saturated rings. The molecule has 48 heavy (non-hydrogen) atoms. The van der Waals surface area contributed by atoms with Crippen LogP contribution in [0.2, 0.25) is 0 Å². The molecule has 0 saturated heterocycles. The van der Waals surface area contributed by atoms with Gasteiger partial charge in [-0.05, 0) is 94.4 Å². The van der Waals surface area contributed by atoms with Gasteiger partial charge in [0, 0.05) is 33.8 Å². The van der Waals surface area contributed by atoms with Crippen molar-refractivity contribution in [2.24, 2.45) is 0 Å². The van der Waals surface area contributed by atoms with Crippen molar-refractivity contribution in [3.8, 4) is 22.3 Å². The lowest BCUT2D eigenvalue weighted by atomic mass is 10.0. The van der Waals surface area contributed by atoms with Crippen LogP contribution >= 0.6 is 0 Å². The van der Waals surface area contributed by atoms with Gasteiger partial charge in [0.2, 0.25) is 0 Å². The summed E-state index contributed by atoms with van der Waals surface area (Å²) in [5.41, 5.74) is 11.5. The topological polar surface area (TPSA) is 6.48 Å². The van der Waals surface area contributed by atoms with Crippen molar-refractivity contribution < 1.29 is 0 Å². The minimum Gasteiger partial charge on any atom is -0.310 e. The molecular formula is C46H34N2. The maximum absolute atomic E-state index is 2.36. The van der Waals surface area contributed by atoms with E-state index in [1.165, 1.54) is 33.0 Å². The second-order valence-corrected chi connectivity index (χ2v) is 11.9. The fraction of sp³-hybridized carbons (Fsp3) is 0. The molecule has 2 heteroatoms. The van der Waals surface area contributed by atoms with Gasteiger partial charge < -0.3 is 9.80 Å². The monoisotopic (exact) mass is 614 g/mol. The summed E-state index contributed by atoms with van der Waals surface area (Å²) in [6.45, 7) is 0. The van der Waals surface area contributed by atoms with Gasteiger partial charge in [-0.15, -0.1) is 0 Å². The summed E-state index contributed by atoms with van der Waals surface area (Å²) in [6.07, 6.45) is 0. The highest BCUT2D eigenvalue weighted by atomic mass is 15.1. The molecule has 8 rings (SSSR count). The van der Waals surface area contributed by atoms with Crippen LogP contribution in [0.1, 0.15) is 0 Å². The second-order valence-electron chi connectivity index (χ2n) is 11.9. The van der Waals surface area contributed by atoms with E-state index in [2.05, 4.69) is 216 Å².